The Hall–Kier alpha value is -3.74. The van der Waals surface area contributed by atoms with E-state index in [1.54, 1.807) is 11.0 Å². The Bertz CT molecular complexity index is 1180. The van der Waals surface area contributed by atoms with Crippen LogP contribution in [0.25, 0.3) is 16.9 Å². The second-order valence-electron chi connectivity index (χ2n) is 7.41. The number of aryl methyl sites for hydroxylation is 1. The van der Waals surface area contributed by atoms with E-state index < -0.39 is 0 Å². The molecule has 2 aromatic carbocycles. The van der Waals surface area contributed by atoms with E-state index in [1.165, 1.54) is 17.6 Å². The first kappa shape index (κ1) is 18.3. The van der Waals surface area contributed by atoms with Gasteiger partial charge >= 0.3 is 0 Å². The fourth-order valence-electron chi connectivity index (χ4n) is 4.17. The number of hydrogen-bond donors (Lipinski definition) is 0. The molecule has 0 radical (unpaired) electrons. The fraction of sp³-hybridized carbons (Fsp3) is 0.217. The molecule has 0 unspecified atom stereocenters. The molecule has 1 amide bonds. The maximum atomic E-state index is 13.4. The highest BCUT2D eigenvalue weighted by Crippen LogP contribution is 2.28. The lowest BCUT2D eigenvalue weighted by Gasteiger charge is -2.22. The van der Waals surface area contributed by atoms with Gasteiger partial charge in [0, 0.05) is 43.4 Å². The van der Waals surface area contributed by atoms with Crippen LogP contribution in [0.1, 0.15) is 21.6 Å². The molecule has 0 aliphatic carbocycles. The Labute approximate surface area is 174 Å². The Kier molecular flexibility index (Phi) is 4.63. The van der Waals surface area contributed by atoms with Gasteiger partial charge in [-0.1, -0.05) is 42.5 Å². The average Bonchev–Trinajstić information content (AvgIpc) is 3.37. The van der Waals surface area contributed by atoms with Crippen LogP contribution < -0.4 is 0 Å². The Morgan fingerprint density at radius 2 is 1.73 bits per heavy atom. The summed E-state index contributed by atoms with van der Waals surface area (Å²) in [5.74, 6) is 0.0168. The molecule has 0 saturated carbocycles. The van der Waals surface area contributed by atoms with Gasteiger partial charge in [0.25, 0.3) is 5.91 Å². The van der Waals surface area contributed by atoms with Crippen LogP contribution in [0.3, 0.4) is 0 Å². The summed E-state index contributed by atoms with van der Waals surface area (Å²) in [6, 6.07) is 17.8. The van der Waals surface area contributed by atoms with E-state index >= 15 is 0 Å². The topological polar surface area (TPSA) is 68.8 Å². The van der Waals surface area contributed by atoms with Crippen molar-refractivity contribution in [3.8, 4) is 16.9 Å². The largest absolute Gasteiger partial charge is 0.338 e. The minimum Gasteiger partial charge on any atom is -0.338 e. The molecule has 5 rings (SSSR count). The molecule has 0 saturated heterocycles. The molecule has 150 valence electrons. The lowest BCUT2D eigenvalue weighted by Crippen LogP contribution is -2.34. The van der Waals surface area contributed by atoms with Gasteiger partial charge in [0.15, 0.2) is 0 Å². The second kappa shape index (κ2) is 7.59. The third kappa shape index (κ3) is 3.18. The number of hydrogen-bond acceptors (Lipinski definition) is 4. The third-order valence-corrected chi connectivity index (χ3v) is 5.66. The van der Waals surface area contributed by atoms with Gasteiger partial charge < -0.3 is 4.90 Å². The minimum absolute atomic E-state index is 0.0168. The lowest BCUT2D eigenvalue weighted by molar-refractivity contribution is 0.0762. The molecular weight excluding hydrogens is 376 g/mol. The molecule has 7 nitrogen and oxygen atoms in total. The maximum absolute atomic E-state index is 13.4. The summed E-state index contributed by atoms with van der Waals surface area (Å²) in [7, 11) is 1.99. The third-order valence-electron chi connectivity index (χ3n) is 5.66. The number of carbonyl (C=O) groups is 1. The standard InChI is InChI=1S/C23H22N6O/c1-27-20-12-14-28(13-11-18(20)22(26-27)17-7-3-2-4-8-17)23(30)19-9-5-6-10-21(19)29-16-24-15-25-29/h2-10,15-16H,11-14H2,1H3. The van der Waals surface area contributed by atoms with E-state index in [-0.39, 0.29) is 5.91 Å². The van der Waals surface area contributed by atoms with E-state index in [1.807, 2.05) is 59.1 Å². The maximum Gasteiger partial charge on any atom is 0.256 e. The van der Waals surface area contributed by atoms with Gasteiger partial charge in [0.2, 0.25) is 0 Å². The van der Waals surface area contributed by atoms with Gasteiger partial charge in [-0.15, -0.1) is 0 Å². The van der Waals surface area contributed by atoms with Crippen LogP contribution in [-0.2, 0) is 19.9 Å². The number of nitrogens with zero attached hydrogens (tertiary/aromatic N) is 6. The van der Waals surface area contributed by atoms with Crippen LogP contribution in [0.5, 0.6) is 0 Å². The predicted octanol–water partition coefficient (Wildman–Crippen LogP) is 2.91. The summed E-state index contributed by atoms with van der Waals surface area (Å²) < 4.78 is 3.60. The van der Waals surface area contributed by atoms with E-state index in [4.69, 9.17) is 5.10 Å². The highest BCUT2D eigenvalue weighted by Gasteiger charge is 2.26. The van der Waals surface area contributed by atoms with Crippen LogP contribution >= 0.6 is 0 Å². The Morgan fingerprint density at radius 1 is 0.967 bits per heavy atom. The normalized spacial score (nSPS) is 13.7. The molecule has 3 heterocycles. The summed E-state index contributed by atoms with van der Waals surface area (Å²) in [5.41, 5.74) is 5.96. The number of carbonyl (C=O) groups excluding carboxylic acids is 1. The van der Waals surface area contributed by atoms with Crippen molar-refractivity contribution < 1.29 is 4.79 Å². The fourth-order valence-corrected chi connectivity index (χ4v) is 4.17. The number of benzene rings is 2. The summed E-state index contributed by atoms with van der Waals surface area (Å²) in [4.78, 5) is 19.4. The van der Waals surface area contributed by atoms with Crippen molar-refractivity contribution in [2.24, 2.45) is 7.05 Å². The van der Waals surface area contributed by atoms with Crippen molar-refractivity contribution in [2.75, 3.05) is 13.1 Å². The van der Waals surface area contributed by atoms with E-state index in [0.717, 1.165) is 29.8 Å². The molecule has 0 fully saturated rings. The lowest BCUT2D eigenvalue weighted by atomic mass is 10.0. The van der Waals surface area contributed by atoms with Crippen molar-refractivity contribution in [3.05, 3.63) is 84.1 Å². The van der Waals surface area contributed by atoms with Crippen molar-refractivity contribution in [2.45, 2.75) is 12.8 Å². The molecule has 7 heteroatoms. The summed E-state index contributed by atoms with van der Waals surface area (Å²) in [6.45, 7) is 1.31. The molecule has 0 bridgehead atoms. The van der Waals surface area contributed by atoms with Crippen LogP contribution in [0.2, 0.25) is 0 Å². The number of amides is 1. The number of para-hydroxylation sites is 1. The Balaban J connectivity index is 1.44. The molecule has 1 aliphatic heterocycles. The predicted molar refractivity (Wildman–Crippen MR) is 113 cm³/mol. The van der Waals surface area contributed by atoms with E-state index in [0.29, 0.717) is 18.7 Å². The van der Waals surface area contributed by atoms with Gasteiger partial charge in [-0.3, -0.25) is 9.48 Å². The smallest absolute Gasteiger partial charge is 0.256 e. The van der Waals surface area contributed by atoms with Crippen LogP contribution in [0, 0.1) is 0 Å². The minimum atomic E-state index is 0.0168. The summed E-state index contributed by atoms with van der Waals surface area (Å²) in [6.07, 6.45) is 4.65. The summed E-state index contributed by atoms with van der Waals surface area (Å²) in [5, 5.41) is 8.97. The van der Waals surface area contributed by atoms with E-state index in [9.17, 15) is 4.79 Å². The van der Waals surface area contributed by atoms with Gasteiger partial charge in [0.05, 0.1) is 16.9 Å². The molecule has 0 N–H and O–H groups in total. The zero-order chi connectivity index (χ0) is 20.5. The first-order valence-electron chi connectivity index (χ1n) is 10.1. The SMILES string of the molecule is Cn1nc(-c2ccccc2)c2c1CCN(C(=O)c1ccccc1-n1cncn1)CC2. The Morgan fingerprint density at radius 3 is 2.53 bits per heavy atom. The van der Waals surface area contributed by atoms with Crippen LogP contribution in [0.4, 0.5) is 0 Å². The van der Waals surface area contributed by atoms with Crippen molar-refractivity contribution in [1.29, 1.82) is 0 Å². The molecule has 4 aromatic rings. The number of aromatic nitrogens is 5. The van der Waals surface area contributed by atoms with Gasteiger partial charge in [-0.25, -0.2) is 9.67 Å². The van der Waals surface area contributed by atoms with Gasteiger partial charge in [0.1, 0.15) is 12.7 Å². The van der Waals surface area contributed by atoms with Crippen LogP contribution in [-0.4, -0.2) is 48.4 Å². The molecule has 0 spiro atoms. The van der Waals surface area contributed by atoms with Crippen molar-refractivity contribution in [3.63, 3.8) is 0 Å². The number of fused-ring (bicyclic) bond motifs is 1. The monoisotopic (exact) mass is 398 g/mol. The molecule has 1 aliphatic rings. The zero-order valence-corrected chi connectivity index (χ0v) is 16.8. The van der Waals surface area contributed by atoms with Crippen LogP contribution in [0.15, 0.2) is 67.3 Å². The molecule has 0 atom stereocenters. The number of rotatable bonds is 3. The van der Waals surface area contributed by atoms with Gasteiger partial charge in [-0.2, -0.15) is 10.2 Å². The molecule has 30 heavy (non-hydrogen) atoms. The highest BCUT2D eigenvalue weighted by atomic mass is 16.2. The summed E-state index contributed by atoms with van der Waals surface area (Å²) >= 11 is 0. The average molecular weight is 398 g/mol. The molecule has 2 aromatic heterocycles. The first-order valence-corrected chi connectivity index (χ1v) is 10.1. The second-order valence-corrected chi connectivity index (χ2v) is 7.41. The zero-order valence-electron chi connectivity index (χ0n) is 16.8. The van der Waals surface area contributed by atoms with Crippen molar-refractivity contribution >= 4 is 5.91 Å². The molecular formula is C23H22N6O. The quantitative estimate of drug-likeness (QED) is 0.532. The van der Waals surface area contributed by atoms with Gasteiger partial charge in [-0.05, 0) is 18.6 Å². The van der Waals surface area contributed by atoms with E-state index in [2.05, 4.69) is 22.2 Å². The first-order chi connectivity index (χ1) is 14.7. The van der Waals surface area contributed by atoms with Crippen molar-refractivity contribution in [1.82, 2.24) is 29.4 Å². The highest BCUT2D eigenvalue weighted by molar-refractivity contribution is 5.97.